The van der Waals surface area contributed by atoms with Crippen LogP contribution in [0.15, 0.2) is 0 Å². The number of hydrogen-bond donors (Lipinski definition) is 1. The SMILES string of the molecule is CCCCCCCCCOC1CSCC1O. The van der Waals surface area contributed by atoms with Crippen molar-refractivity contribution in [2.45, 2.75) is 64.1 Å². The molecule has 3 heteroatoms. The van der Waals surface area contributed by atoms with E-state index in [1.165, 1.54) is 38.5 Å². The second kappa shape index (κ2) is 9.32. The topological polar surface area (TPSA) is 29.5 Å². The fraction of sp³-hybridized carbons (Fsp3) is 1.00. The summed E-state index contributed by atoms with van der Waals surface area (Å²) in [5, 5.41) is 9.54. The minimum Gasteiger partial charge on any atom is -0.390 e. The zero-order valence-electron chi connectivity index (χ0n) is 10.5. The smallest absolute Gasteiger partial charge is 0.0932 e. The standard InChI is InChI=1S/C13H26O2S/c1-2-3-4-5-6-7-8-9-15-13-11-16-10-12(13)14/h12-14H,2-11H2,1H3. The van der Waals surface area contributed by atoms with Gasteiger partial charge in [0.25, 0.3) is 0 Å². The Hall–Kier alpha value is 0.270. The van der Waals surface area contributed by atoms with Gasteiger partial charge in [-0.2, -0.15) is 11.8 Å². The Kier molecular flexibility index (Phi) is 8.34. The molecule has 0 aliphatic carbocycles. The van der Waals surface area contributed by atoms with Crippen LogP contribution in [0, 0.1) is 0 Å². The van der Waals surface area contributed by atoms with E-state index in [1.807, 2.05) is 0 Å². The molecule has 0 aromatic carbocycles. The van der Waals surface area contributed by atoms with Crippen LogP contribution < -0.4 is 0 Å². The Morgan fingerprint density at radius 1 is 1.06 bits per heavy atom. The second-order valence-corrected chi connectivity index (χ2v) is 5.71. The number of rotatable bonds is 9. The van der Waals surface area contributed by atoms with Gasteiger partial charge in [0.1, 0.15) is 0 Å². The Balaban J connectivity index is 1.81. The molecule has 2 unspecified atom stereocenters. The third-order valence-electron chi connectivity index (χ3n) is 3.08. The first kappa shape index (κ1) is 14.3. The van der Waals surface area contributed by atoms with Crippen molar-refractivity contribution in [1.82, 2.24) is 0 Å². The zero-order chi connectivity index (χ0) is 11.6. The normalized spacial score (nSPS) is 25.1. The molecule has 1 rings (SSSR count). The van der Waals surface area contributed by atoms with E-state index in [-0.39, 0.29) is 12.2 Å². The number of unbranched alkanes of at least 4 members (excludes halogenated alkanes) is 6. The highest BCUT2D eigenvalue weighted by atomic mass is 32.2. The van der Waals surface area contributed by atoms with Gasteiger partial charge in [-0.05, 0) is 6.42 Å². The van der Waals surface area contributed by atoms with E-state index in [1.54, 1.807) is 11.8 Å². The third-order valence-corrected chi connectivity index (χ3v) is 4.22. The highest BCUT2D eigenvalue weighted by molar-refractivity contribution is 7.99. The number of ether oxygens (including phenoxy) is 1. The molecule has 96 valence electrons. The van der Waals surface area contributed by atoms with E-state index >= 15 is 0 Å². The number of hydrogen-bond acceptors (Lipinski definition) is 3. The zero-order valence-corrected chi connectivity index (χ0v) is 11.3. The minimum absolute atomic E-state index is 0.102. The molecule has 0 amide bonds. The van der Waals surface area contributed by atoms with E-state index in [0.717, 1.165) is 24.5 Å². The van der Waals surface area contributed by atoms with Crippen LogP contribution >= 0.6 is 11.8 Å². The maximum Gasteiger partial charge on any atom is 0.0932 e. The molecular weight excluding hydrogens is 220 g/mol. The first-order chi connectivity index (χ1) is 7.84. The van der Waals surface area contributed by atoms with Crippen molar-refractivity contribution < 1.29 is 9.84 Å². The van der Waals surface area contributed by atoms with Crippen LogP contribution in [0.4, 0.5) is 0 Å². The summed E-state index contributed by atoms with van der Waals surface area (Å²) in [5.74, 6) is 1.82. The summed E-state index contributed by atoms with van der Waals surface area (Å²) in [4.78, 5) is 0. The minimum atomic E-state index is -0.227. The lowest BCUT2D eigenvalue weighted by Crippen LogP contribution is -2.27. The number of thioether (sulfide) groups is 1. The molecule has 0 saturated carbocycles. The molecule has 0 aromatic heterocycles. The average molecular weight is 246 g/mol. The van der Waals surface area contributed by atoms with Crippen molar-refractivity contribution in [1.29, 1.82) is 0 Å². The van der Waals surface area contributed by atoms with Gasteiger partial charge >= 0.3 is 0 Å². The Bertz CT molecular complexity index is 164. The van der Waals surface area contributed by atoms with Crippen LogP contribution in [0.3, 0.4) is 0 Å². The van der Waals surface area contributed by atoms with Gasteiger partial charge in [0.05, 0.1) is 12.2 Å². The van der Waals surface area contributed by atoms with E-state index < -0.39 is 0 Å². The Morgan fingerprint density at radius 3 is 2.38 bits per heavy atom. The van der Waals surface area contributed by atoms with Crippen LogP contribution in [-0.4, -0.2) is 35.4 Å². The van der Waals surface area contributed by atoms with Crippen LogP contribution in [0.5, 0.6) is 0 Å². The van der Waals surface area contributed by atoms with Gasteiger partial charge in [-0.15, -0.1) is 0 Å². The molecule has 0 spiro atoms. The van der Waals surface area contributed by atoms with Crippen LogP contribution in [0.1, 0.15) is 51.9 Å². The van der Waals surface area contributed by atoms with E-state index in [0.29, 0.717) is 0 Å². The molecular formula is C13H26O2S. The first-order valence-corrected chi connectivity index (χ1v) is 7.87. The highest BCUT2D eigenvalue weighted by Gasteiger charge is 2.25. The van der Waals surface area contributed by atoms with Crippen molar-refractivity contribution in [2.75, 3.05) is 18.1 Å². The summed E-state index contributed by atoms with van der Waals surface area (Å²) in [6.07, 6.45) is 9.10. The van der Waals surface area contributed by atoms with Gasteiger partial charge in [-0.25, -0.2) is 0 Å². The van der Waals surface area contributed by atoms with Gasteiger partial charge in [0.2, 0.25) is 0 Å². The highest BCUT2D eigenvalue weighted by Crippen LogP contribution is 2.21. The second-order valence-electron chi connectivity index (χ2n) is 4.64. The van der Waals surface area contributed by atoms with E-state index in [4.69, 9.17) is 4.74 Å². The van der Waals surface area contributed by atoms with E-state index in [2.05, 4.69) is 6.92 Å². The monoisotopic (exact) mass is 246 g/mol. The molecule has 1 aliphatic heterocycles. The van der Waals surface area contributed by atoms with Gasteiger partial charge in [0, 0.05) is 18.1 Å². The van der Waals surface area contributed by atoms with Gasteiger partial charge in [0.15, 0.2) is 0 Å². The van der Waals surface area contributed by atoms with Crippen molar-refractivity contribution >= 4 is 11.8 Å². The molecule has 1 aliphatic rings. The Morgan fingerprint density at radius 2 is 1.75 bits per heavy atom. The predicted molar refractivity (Wildman–Crippen MR) is 71.1 cm³/mol. The van der Waals surface area contributed by atoms with Crippen molar-refractivity contribution in [3.8, 4) is 0 Å². The van der Waals surface area contributed by atoms with Crippen LogP contribution in [-0.2, 0) is 4.74 Å². The summed E-state index contributed by atoms with van der Waals surface area (Å²) in [7, 11) is 0. The maximum atomic E-state index is 9.54. The summed E-state index contributed by atoms with van der Waals surface area (Å²) in [5.41, 5.74) is 0. The molecule has 1 fully saturated rings. The number of aliphatic hydroxyl groups is 1. The molecule has 16 heavy (non-hydrogen) atoms. The molecule has 2 atom stereocenters. The van der Waals surface area contributed by atoms with Crippen molar-refractivity contribution in [2.24, 2.45) is 0 Å². The van der Waals surface area contributed by atoms with Gasteiger partial charge in [-0.3, -0.25) is 0 Å². The molecule has 1 heterocycles. The lowest BCUT2D eigenvalue weighted by atomic mass is 10.1. The lowest BCUT2D eigenvalue weighted by Gasteiger charge is -2.14. The maximum absolute atomic E-state index is 9.54. The fourth-order valence-corrected chi connectivity index (χ4v) is 3.12. The summed E-state index contributed by atoms with van der Waals surface area (Å²) < 4.78 is 5.67. The van der Waals surface area contributed by atoms with E-state index in [9.17, 15) is 5.11 Å². The van der Waals surface area contributed by atoms with Crippen molar-refractivity contribution in [3.63, 3.8) is 0 Å². The molecule has 2 nitrogen and oxygen atoms in total. The summed E-state index contributed by atoms with van der Waals surface area (Å²) >= 11 is 1.79. The summed E-state index contributed by atoms with van der Waals surface area (Å²) in [6, 6.07) is 0. The number of aliphatic hydroxyl groups excluding tert-OH is 1. The molecule has 1 N–H and O–H groups in total. The van der Waals surface area contributed by atoms with Gasteiger partial charge in [-0.1, -0.05) is 45.4 Å². The molecule has 0 radical (unpaired) electrons. The fourth-order valence-electron chi connectivity index (χ4n) is 1.98. The molecule has 0 bridgehead atoms. The van der Waals surface area contributed by atoms with Crippen molar-refractivity contribution in [3.05, 3.63) is 0 Å². The molecule has 0 aromatic rings. The Labute approximate surface area is 104 Å². The lowest BCUT2D eigenvalue weighted by molar-refractivity contribution is -0.00894. The summed E-state index contributed by atoms with van der Waals surface area (Å²) in [6.45, 7) is 3.08. The molecule has 1 saturated heterocycles. The third kappa shape index (κ3) is 6.12. The largest absolute Gasteiger partial charge is 0.390 e. The quantitative estimate of drug-likeness (QED) is 0.633. The van der Waals surface area contributed by atoms with Crippen LogP contribution in [0.25, 0.3) is 0 Å². The van der Waals surface area contributed by atoms with Gasteiger partial charge < -0.3 is 9.84 Å². The van der Waals surface area contributed by atoms with Crippen LogP contribution in [0.2, 0.25) is 0 Å². The predicted octanol–water partition coefficient (Wildman–Crippen LogP) is 3.23. The average Bonchev–Trinajstić information content (AvgIpc) is 2.68. The first-order valence-electron chi connectivity index (χ1n) is 6.72.